The Balaban J connectivity index is 1.58. The lowest BCUT2D eigenvalue weighted by molar-refractivity contribution is -0.120. The fraction of sp³-hybridized carbons (Fsp3) is 0.381. The van der Waals surface area contributed by atoms with Crippen molar-refractivity contribution in [2.45, 2.75) is 19.9 Å². The molecule has 0 spiro atoms. The van der Waals surface area contributed by atoms with Crippen LogP contribution >= 0.6 is 11.6 Å². The van der Waals surface area contributed by atoms with Crippen LogP contribution in [0.15, 0.2) is 48.5 Å². The van der Waals surface area contributed by atoms with Crippen LogP contribution in [-0.4, -0.2) is 49.6 Å². The number of piperazine rings is 1. The van der Waals surface area contributed by atoms with E-state index in [0.29, 0.717) is 11.6 Å². The van der Waals surface area contributed by atoms with Gasteiger partial charge in [-0.3, -0.25) is 9.69 Å². The van der Waals surface area contributed by atoms with E-state index in [2.05, 4.69) is 21.2 Å². The monoisotopic (exact) mass is 387 g/mol. The first-order chi connectivity index (χ1) is 13.1. The maximum atomic E-state index is 12.6. The van der Waals surface area contributed by atoms with Crippen molar-refractivity contribution >= 4 is 28.9 Å². The summed E-state index contributed by atoms with van der Waals surface area (Å²) >= 11 is 5.99. The zero-order chi connectivity index (χ0) is 19.2. The zero-order valence-electron chi connectivity index (χ0n) is 15.8. The summed E-state index contributed by atoms with van der Waals surface area (Å²) in [6, 6.07) is 15.2. The van der Waals surface area contributed by atoms with Gasteiger partial charge in [-0.1, -0.05) is 29.8 Å². The third kappa shape index (κ3) is 4.93. The molecule has 0 aromatic heterocycles. The van der Waals surface area contributed by atoms with Gasteiger partial charge in [-0.25, -0.2) is 0 Å². The second kappa shape index (κ2) is 9.11. The molecule has 1 aliphatic rings. The molecule has 2 aromatic rings. The van der Waals surface area contributed by atoms with Crippen molar-refractivity contribution in [3.8, 4) is 5.75 Å². The number of nitrogens with zero attached hydrogens (tertiary/aromatic N) is 2. The number of para-hydroxylation sites is 2. The number of anilines is 2. The molecule has 0 radical (unpaired) electrons. The average molecular weight is 388 g/mol. The minimum absolute atomic E-state index is 0.0135. The molecule has 0 aliphatic carbocycles. The number of ether oxygens (including phenoxy) is 1. The van der Waals surface area contributed by atoms with Crippen LogP contribution in [0, 0.1) is 0 Å². The van der Waals surface area contributed by atoms with Crippen LogP contribution in [0.5, 0.6) is 5.75 Å². The maximum absolute atomic E-state index is 12.6. The van der Waals surface area contributed by atoms with Gasteiger partial charge >= 0.3 is 0 Å². The van der Waals surface area contributed by atoms with E-state index in [1.165, 1.54) is 0 Å². The highest BCUT2D eigenvalue weighted by Crippen LogP contribution is 2.29. The Morgan fingerprint density at radius 2 is 1.89 bits per heavy atom. The number of amides is 1. The summed E-state index contributed by atoms with van der Waals surface area (Å²) in [6.45, 7) is 7.96. The Morgan fingerprint density at radius 3 is 2.59 bits per heavy atom. The summed E-state index contributed by atoms with van der Waals surface area (Å²) in [4.78, 5) is 17.1. The second-order valence-electron chi connectivity index (χ2n) is 6.60. The minimum atomic E-state index is -0.201. The van der Waals surface area contributed by atoms with Gasteiger partial charge in [0.2, 0.25) is 5.91 Å². The number of rotatable bonds is 6. The fourth-order valence-corrected chi connectivity index (χ4v) is 3.52. The molecule has 2 aromatic carbocycles. The van der Waals surface area contributed by atoms with Crippen molar-refractivity contribution in [3.63, 3.8) is 0 Å². The minimum Gasteiger partial charge on any atom is -0.492 e. The molecule has 27 heavy (non-hydrogen) atoms. The number of halogens is 1. The molecule has 1 atom stereocenters. The second-order valence-corrected chi connectivity index (χ2v) is 7.04. The van der Waals surface area contributed by atoms with Crippen molar-refractivity contribution in [2.24, 2.45) is 0 Å². The first-order valence-electron chi connectivity index (χ1n) is 9.35. The Hall–Kier alpha value is -2.24. The molecule has 1 amide bonds. The summed E-state index contributed by atoms with van der Waals surface area (Å²) < 4.78 is 5.75. The van der Waals surface area contributed by atoms with Crippen molar-refractivity contribution in [3.05, 3.63) is 53.6 Å². The highest BCUT2D eigenvalue weighted by molar-refractivity contribution is 6.30. The summed E-state index contributed by atoms with van der Waals surface area (Å²) in [5, 5.41) is 3.56. The van der Waals surface area contributed by atoms with Crippen LogP contribution in [0.1, 0.15) is 13.8 Å². The number of carbonyl (C=O) groups excluding carboxylic acids is 1. The Morgan fingerprint density at radius 1 is 1.15 bits per heavy atom. The molecule has 1 heterocycles. The number of benzene rings is 2. The molecular weight excluding hydrogens is 362 g/mol. The van der Waals surface area contributed by atoms with Gasteiger partial charge in [0.05, 0.1) is 18.3 Å². The first-order valence-corrected chi connectivity index (χ1v) is 9.73. The van der Waals surface area contributed by atoms with Crippen LogP contribution in [0.3, 0.4) is 0 Å². The molecule has 1 saturated heterocycles. The molecule has 1 aliphatic heterocycles. The summed E-state index contributed by atoms with van der Waals surface area (Å²) in [7, 11) is 0. The van der Waals surface area contributed by atoms with E-state index in [4.69, 9.17) is 16.3 Å². The molecule has 0 unspecified atom stereocenters. The number of carbonyl (C=O) groups is 1. The van der Waals surface area contributed by atoms with Gasteiger partial charge in [0.25, 0.3) is 0 Å². The van der Waals surface area contributed by atoms with Gasteiger partial charge in [0, 0.05) is 36.9 Å². The first kappa shape index (κ1) is 19.5. The third-order valence-corrected chi connectivity index (χ3v) is 5.07. The summed E-state index contributed by atoms with van der Waals surface area (Å²) in [6.07, 6.45) is 0. The SMILES string of the molecule is CCOc1ccccc1N1CCN([C@H](C)C(=O)Nc2cccc(Cl)c2)CC1. The van der Waals surface area contributed by atoms with E-state index in [1.54, 1.807) is 12.1 Å². The normalized spacial score (nSPS) is 16.0. The maximum Gasteiger partial charge on any atom is 0.241 e. The molecule has 5 nitrogen and oxygen atoms in total. The molecular formula is C21H26ClN3O2. The zero-order valence-corrected chi connectivity index (χ0v) is 16.6. The molecule has 3 rings (SSSR count). The molecule has 1 fully saturated rings. The van der Waals surface area contributed by atoms with Crippen molar-refractivity contribution < 1.29 is 9.53 Å². The van der Waals surface area contributed by atoms with Crippen molar-refractivity contribution in [1.82, 2.24) is 4.90 Å². The van der Waals surface area contributed by atoms with E-state index >= 15 is 0 Å². The Bertz CT molecular complexity index is 776. The van der Waals surface area contributed by atoms with E-state index in [0.717, 1.165) is 43.3 Å². The number of hydrogen-bond acceptors (Lipinski definition) is 4. The molecule has 1 N–H and O–H groups in total. The summed E-state index contributed by atoms with van der Waals surface area (Å²) in [5.41, 5.74) is 1.85. The predicted molar refractivity (Wildman–Crippen MR) is 111 cm³/mol. The van der Waals surface area contributed by atoms with E-state index in [1.807, 2.05) is 44.2 Å². The molecule has 0 saturated carbocycles. The van der Waals surface area contributed by atoms with Crippen molar-refractivity contribution in [2.75, 3.05) is 43.0 Å². The van der Waals surface area contributed by atoms with Gasteiger partial charge in [0.1, 0.15) is 5.75 Å². The quantitative estimate of drug-likeness (QED) is 0.816. The van der Waals surface area contributed by atoms with Crippen LogP contribution in [0.25, 0.3) is 0 Å². The Kier molecular flexibility index (Phi) is 6.58. The predicted octanol–water partition coefficient (Wildman–Crippen LogP) is 3.89. The van der Waals surface area contributed by atoms with Crippen LogP contribution in [0.2, 0.25) is 5.02 Å². The lowest BCUT2D eigenvalue weighted by atomic mass is 10.2. The largest absolute Gasteiger partial charge is 0.492 e. The topological polar surface area (TPSA) is 44.8 Å². The third-order valence-electron chi connectivity index (χ3n) is 4.84. The number of nitrogens with one attached hydrogen (secondary N) is 1. The fourth-order valence-electron chi connectivity index (χ4n) is 3.32. The van der Waals surface area contributed by atoms with E-state index in [9.17, 15) is 4.79 Å². The number of hydrogen-bond donors (Lipinski definition) is 1. The Labute approximate surface area is 165 Å². The molecule has 144 valence electrons. The van der Waals surface area contributed by atoms with Gasteiger partial charge in [-0.2, -0.15) is 0 Å². The standard InChI is InChI=1S/C21H26ClN3O2/c1-3-27-20-10-5-4-9-19(20)25-13-11-24(12-14-25)16(2)21(26)23-18-8-6-7-17(22)15-18/h4-10,15-16H,3,11-14H2,1-2H3,(H,23,26)/t16-/m1/s1. The van der Waals surface area contributed by atoms with Crippen LogP contribution in [-0.2, 0) is 4.79 Å². The molecule has 6 heteroatoms. The highest BCUT2D eigenvalue weighted by Gasteiger charge is 2.26. The lowest BCUT2D eigenvalue weighted by Crippen LogP contribution is -2.52. The van der Waals surface area contributed by atoms with Gasteiger partial charge in [-0.05, 0) is 44.2 Å². The van der Waals surface area contributed by atoms with E-state index < -0.39 is 0 Å². The van der Waals surface area contributed by atoms with Gasteiger partial charge in [0.15, 0.2) is 0 Å². The average Bonchev–Trinajstić information content (AvgIpc) is 2.68. The smallest absolute Gasteiger partial charge is 0.241 e. The highest BCUT2D eigenvalue weighted by atomic mass is 35.5. The van der Waals surface area contributed by atoms with Crippen LogP contribution in [0.4, 0.5) is 11.4 Å². The van der Waals surface area contributed by atoms with Gasteiger partial charge in [-0.15, -0.1) is 0 Å². The van der Waals surface area contributed by atoms with Crippen LogP contribution < -0.4 is 15.0 Å². The lowest BCUT2D eigenvalue weighted by Gasteiger charge is -2.39. The summed E-state index contributed by atoms with van der Waals surface area (Å²) in [5.74, 6) is 0.903. The van der Waals surface area contributed by atoms with Crippen molar-refractivity contribution in [1.29, 1.82) is 0 Å². The molecule has 0 bridgehead atoms. The van der Waals surface area contributed by atoms with Gasteiger partial charge < -0.3 is 15.0 Å². The van der Waals surface area contributed by atoms with E-state index in [-0.39, 0.29) is 11.9 Å².